The van der Waals surface area contributed by atoms with Crippen LogP contribution in [0.25, 0.3) is 0 Å². The fraction of sp³-hybridized carbons (Fsp3) is 0.276. The lowest BCUT2D eigenvalue weighted by molar-refractivity contribution is -0.122. The van der Waals surface area contributed by atoms with Crippen LogP contribution in [0, 0.1) is 5.92 Å². The minimum absolute atomic E-state index is 0.103. The average Bonchev–Trinajstić information content (AvgIpc) is 3.33. The average molecular weight is 502 g/mol. The fourth-order valence-corrected chi connectivity index (χ4v) is 4.12. The van der Waals surface area contributed by atoms with Gasteiger partial charge in [-0.1, -0.05) is 31.2 Å². The molecule has 1 fully saturated rings. The lowest BCUT2D eigenvalue weighted by atomic mass is 10.1. The maximum absolute atomic E-state index is 13.1. The van der Waals surface area contributed by atoms with E-state index in [0.717, 1.165) is 29.2 Å². The number of benzene rings is 3. The van der Waals surface area contributed by atoms with E-state index < -0.39 is 5.92 Å². The fourth-order valence-electron chi connectivity index (χ4n) is 4.12. The molecule has 0 spiro atoms. The molecule has 8 nitrogen and oxygen atoms in total. The van der Waals surface area contributed by atoms with Gasteiger partial charge in [-0.3, -0.25) is 14.4 Å². The Hall–Kier alpha value is -4.33. The van der Waals surface area contributed by atoms with Crippen molar-refractivity contribution in [1.82, 2.24) is 5.32 Å². The standard InChI is InChI=1S/C29H31N3O5/c1-3-16-37-24-14-10-22(11-15-24)32-19-21(17-27(32)33)28(34)31-26-7-5-4-6-25(26)29(35)30-18-20-8-12-23(36-2)13-9-20/h4-15,21H,3,16-19H2,1-2H3,(H,30,35)(H,31,34)/t21-/m1/s1. The summed E-state index contributed by atoms with van der Waals surface area (Å²) in [5.74, 6) is 0.237. The smallest absolute Gasteiger partial charge is 0.253 e. The predicted molar refractivity (Wildman–Crippen MR) is 142 cm³/mol. The van der Waals surface area contributed by atoms with Gasteiger partial charge in [-0.2, -0.15) is 0 Å². The van der Waals surface area contributed by atoms with Gasteiger partial charge in [-0.05, 0) is 60.5 Å². The van der Waals surface area contributed by atoms with Crippen molar-refractivity contribution in [2.24, 2.45) is 5.92 Å². The minimum atomic E-state index is -0.529. The summed E-state index contributed by atoms with van der Waals surface area (Å²) in [5, 5.41) is 5.74. The number of carbonyl (C=O) groups is 3. The lowest BCUT2D eigenvalue weighted by Gasteiger charge is -2.18. The van der Waals surface area contributed by atoms with E-state index in [1.807, 2.05) is 55.5 Å². The van der Waals surface area contributed by atoms with Gasteiger partial charge in [0.2, 0.25) is 11.8 Å². The van der Waals surface area contributed by atoms with E-state index in [0.29, 0.717) is 24.4 Å². The Morgan fingerprint density at radius 1 is 0.973 bits per heavy atom. The van der Waals surface area contributed by atoms with Gasteiger partial charge in [-0.25, -0.2) is 0 Å². The highest BCUT2D eigenvalue weighted by Gasteiger charge is 2.35. The molecule has 0 saturated carbocycles. The zero-order valence-corrected chi connectivity index (χ0v) is 21.0. The van der Waals surface area contributed by atoms with E-state index in [4.69, 9.17) is 9.47 Å². The number of para-hydroxylation sites is 1. The molecule has 0 radical (unpaired) electrons. The van der Waals surface area contributed by atoms with E-state index >= 15 is 0 Å². The van der Waals surface area contributed by atoms with Crippen LogP contribution in [0.3, 0.4) is 0 Å². The topological polar surface area (TPSA) is 97.0 Å². The summed E-state index contributed by atoms with van der Waals surface area (Å²) in [5.41, 5.74) is 2.41. The maximum Gasteiger partial charge on any atom is 0.253 e. The summed E-state index contributed by atoms with van der Waals surface area (Å²) in [6.45, 7) is 3.27. The van der Waals surface area contributed by atoms with Crippen LogP contribution in [-0.4, -0.2) is 38.0 Å². The molecule has 8 heteroatoms. The number of hydrogen-bond acceptors (Lipinski definition) is 5. The van der Waals surface area contributed by atoms with Gasteiger partial charge in [-0.15, -0.1) is 0 Å². The van der Waals surface area contributed by atoms with Crippen molar-refractivity contribution in [1.29, 1.82) is 0 Å². The van der Waals surface area contributed by atoms with E-state index in [1.165, 1.54) is 0 Å². The largest absolute Gasteiger partial charge is 0.497 e. The number of ether oxygens (including phenoxy) is 2. The summed E-state index contributed by atoms with van der Waals surface area (Å²) in [6.07, 6.45) is 1.02. The molecule has 2 N–H and O–H groups in total. The Morgan fingerprint density at radius 3 is 2.38 bits per heavy atom. The normalized spacial score (nSPS) is 14.8. The third-order valence-corrected chi connectivity index (χ3v) is 6.16. The zero-order chi connectivity index (χ0) is 26.2. The van der Waals surface area contributed by atoms with E-state index in [9.17, 15) is 14.4 Å². The maximum atomic E-state index is 13.1. The second-order valence-electron chi connectivity index (χ2n) is 8.81. The summed E-state index contributed by atoms with van der Waals surface area (Å²) in [6, 6.07) is 21.6. The predicted octanol–water partition coefficient (Wildman–Crippen LogP) is 4.41. The summed E-state index contributed by atoms with van der Waals surface area (Å²) >= 11 is 0. The quantitative estimate of drug-likeness (QED) is 0.429. The Morgan fingerprint density at radius 2 is 1.68 bits per heavy atom. The molecule has 3 amide bonds. The SMILES string of the molecule is CCCOc1ccc(N2C[C@H](C(=O)Nc3ccccc3C(=O)NCc3ccc(OC)cc3)CC2=O)cc1. The van der Waals surface area contributed by atoms with Crippen molar-refractivity contribution in [2.45, 2.75) is 26.3 Å². The van der Waals surface area contributed by atoms with Gasteiger partial charge in [0.25, 0.3) is 5.91 Å². The third-order valence-electron chi connectivity index (χ3n) is 6.16. The van der Waals surface area contributed by atoms with E-state index in [-0.39, 0.29) is 30.7 Å². The van der Waals surface area contributed by atoms with Crippen LogP contribution in [0.4, 0.5) is 11.4 Å². The molecule has 4 rings (SSSR count). The number of hydrogen-bond donors (Lipinski definition) is 2. The summed E-state index contributed by atoms with van der Waals surface area (Å²) in [4.78, 5) is 40.2. The molecule has 1 saturated heterocycles. The van der Waals surface area contributed by atoms with E-state index in [2.05, 4.69) is 10.6 Å². The van der Waals surface area contributed by atoms with Crippen molar-refractivity contribution in [3.05, 3.63) is 83.9 Å². The highest BCUT2D eigenvalue weighted by Crippen LogP contribution is 2.28. The molecule has 1 heterocycles. The number of amides is 3. The lowest BCUT2D eigenvalue weighted by Crippen LogP contribution is -2.29. The van der Waals surface area contributed by atoms with Gasteiger partial charge < -0.3 is 25.0 Å². The molecular formula is C29H31N3O5. The number of rotatable bonds is 10. The molecule has 1 atom stereocenters. The highest BCUT2D eigenvalue weighted by atomic mass is 16.5. The highest BCUT2D eigenvalue weighted by molar-refractivity contribution is 6.07. The third kappa shape index (κ3) is 6.46. The van der Waals surface area contributed by atoms with Gasteiger partial charge in [0.05, 0.1) is 30.9 Å². The molecule has 192 valence electrons. The number of anilines is 2. The van der Waals surface area contributed by atoms with Crippen molar-refractivity contribution in [3.8, 4) is 11.5 Å². The molecule has 1 aliphatic rings. The summed E-state index contributed by atoms with van der Waals surface area (Å²) < 4.78 is 10.8. The number of nitrogens with zero attached hydrogens (tertiary/aromatic N) is 1. The Balaban J connectivity index is 1.37. The first-order valence-corrected chi connectivity index (χ1v) is 12.3. The molecular weight excluding hydrogens is 470 g/mol. The molecule has 3 aromatic rings. The first-order valence-electron chi connectivity index (χ1n) is 12.3. The van der Waals surface area contributed by atoms with Gasteiger partial charge in [0.15, 0.2) is 0 Å². The van der Waals surface area contributed by atoms with Crippen molar-refractivity contribution in [3.63, 3.8) is 0 Å². The second-order valence-corrected chi connectivity index (χ2v) is 8.81. The Bertz CT molecular complexity index is 1240. The molecule has 3 aromatic carbocycles. The number of carbonyl (C=O) groups excluding carboxylic acids is 3. The van der Waals surface area contributed by atoms with Crippen LogP contribution >= 0.6 is 0 Å². The Labute approximate surface area is 216 Å². The minimum Gasteiger partial charge on any atom is -0.497 e. The van der Waals surface area contributed by atoms with Crippen LogP contribution in [0.2, 0.25) is 0 Å². The Kier molecular flexibility index (Phi) is 8.40. The van der Waals surface area contributed by atoms with Gasteiger partial charge in [0, 0.05) is 25.2 Å². The zero-order valence-electron chi connectivity index (χ0n) is 21.0. The number of methoxy groups -OCH3 is 1. The second kappa shape index (κ2) is 12.1. The molecule has 0 bridgehead atoms. The summed E-state index contributed by atoms with van der Waals surface area (Å²) in [7, 11) is 1.60. The number of nitrogens with one attached hydrogen (secondary N) is 2. The van der Waals surface area contributed by atoms with Gasteiger partial charge in [0.1, 0.15) is 11.5 Å². The first-order chi connectivity index (χ1) is 18.0. The molecule has 0 unspecified atom stereocenters. The molecule has 37 heavy (non-hydrogen) atoms. The van der Waals surface area contributed by atoms with Crippen LogP contribution < -0.4 is 25.0 Å². The van der Waals surface area contributed by atoms with Crippen molar-refractivity contribution >= 4 is 29.1 Å². The van der Waals surface area contributed by atoms with Crippen molar-refractivity contribution < 1.29 is 23.9 Å². The van der Waals surface area contributed by atoms with E-state index in [1.54, 1.807) is 36.3 Å². The first kappa shape index (κ1) is 25.8. The van der Waals surface area contributed by atoms with Crippen molar-refractivity contribution in [2.75, 3.05) is 30.5 Å². The van der Waals surface area contributed by atoms with Crippen LogP contribution in [0.5, 0.6) is 11.5 Å². The monoisotopic (exact) mass is 501 g/mol. The van der Waals surface area contributed by atoms with Gasteiger partial charge >= 0.3 is 0 Å². The molecule has 1 aliphatic heterocycles. The van der Waals surface area contributed by atoms with Crippen LogP contribution in [0.15, 0.2) is 72.8 Å². The molecule has 0 aliphatic carbocycles. The molecule has 0 aromatic heterocycles. The van der Waals surface area contributed by atoms with Crippen LogP contribution in [-0.2, 0) is 16.1 Å². The van der Waals surface area contributed by atoms with Crippen LogP contribution in [0.1, 0.15) is 35.7 Å².